The predicted molar refractivity (Wildman–Crippen MR) is 283 cm³/mol. The second kappa shape index (κ2) is 29.0. The number of rotatable bonds is 9. The molecule has 4 aliphatic rings. The first-order chi connectivity index (χ1) is 36.5. The van der Waals surface area contributed by atoms with Crippen LogP contribution in [-0.2, 0) is 52.4 Å². The minimum Gasteiger partial charge on any atom is -0.460 e. The van der Waals surface area contributed by atoms with Crippen LogP contribution in [0.25, 0.3) is 0 Å². The lowest BCUT2D eigenvalue weighted by atomic mass is 9.78. The second-order valence-corrected chi connectivity index (χ2v) is 21.8. The molecule has 19 nitrogen and oxygen atoms in total. The number of methoxy groups -OCH3 is 3. The van der Waals surface area contributed by atoms with Crippen molar-refractivity contribution < 1.29 is 77.1 Å². The lowest BCUT2D eigenvalue weighted by Gasteiger charge is -2.42. The Morgan fingerprint density at radius 2 is 1.58 bits per heavy atom. The Balaban J connectivity index is 1.42. The largest absolute Gasteiger partial charge is 0.514 e. The lowest BCUT2D eigenvalue weighted by molar-refractivity contribution is -0.384. The van der Waals surface area contributed by atoms with Crippen molar-refractivity contribution in [2.45, 2.75) is 180 Å². The number of ether oxygens (including phenoxy) is 7. The molecule has 1 aromatic carbocycles. The summed E-state index contributed by atoms with van der Waals surface area (Å²) in [5, 5.41) is 34.6. The van der Waals surface area contributed by atoms with Gasteiger partial charge < -0.3 is 48.3 Å². The normalized spacial score (nSPS) is 35.7. The number of piperidine rings is 1. The van der Waals surface area contributed by atoms with Gasteiger partial charge in [-0.1, -0.05) is 71.1 Å². The van der Waals surface area contributed by atoms with Crippen LogP contribution in [0.4, 0.5) is 10.5 Å². The highest BCUT2D eigenvalue weighted by molar-refractivity contribution is 6.39. The highest BCUT2D eigenvalue weighted by atomic mass is 16.7. The number of non-ortho nitro benzene ring substituents is 1. The number of nitro benzene ring substituents is 1. The van der Waals surface area contributed by atoms with Gasteiger partial charge in [0.2, 0.25) is 5.79 Å². The number of amides is 1. The molecule has 77 heavy (non-hydrogen) atoms. The van der Waals surface area contributed by atoms with Crippen molar-refractivity contribution >= 4 is 41.1 Å². The first-order valence-corrected chi connectivity index (χ1v) is 27.1. The van der Waals surface area contributed by atoms with E-state index in [2.05, 4.69) is 0 Å². The molecule has 2 N–H and O–H groups in total. The molecule has 1 saturated carbocycles. The van der Waals surface area contributed by atoms with Crippen LogP contribution >= 0.6 is 0 Å². The maximum atomic E-state index is 14.6. The third-order valence-electron chi connectivity index (χ3n) is 15.9. The fraction of sp³-hybridized carbons (Fsp3) is 0.655. The van der Waals surface area contributed by atoms with E-state index in [0.717, 1.165) is 10.5 Å². The molecule has 2 bridgehead atoms. The van der Waals surface area contributed by atoms with Crippen molar-refractivity contribution in [3.8, 4) is 5.75 Å². The van der Waals surface area contributed by atoms with E-state index in [4.69, 9.17) is 33.2 Å². The maximum Gasteiger partial charge on any atom is 0.514 e. The van der Waals surface area contributed by atoms with E-state index in [0.29, 0.717) is 63.4 Å². The molecule has 0 spiro atoms. The number of hydrogen-bond acceptors (Lipinski definition) is 17. The molecule has 426 valence electrons. The number of allylic oxidation sites excluding steroid dienone is 6. The number of esters is 1. The molecule has 0 radical (unpaired) electrons. The summed E-state index contributed by atoms with van der Waals surface area (Å²) >= 11 is 0. The molecule has 3 fully saturated rings. The van der Waals surface area contributed by atoms with Gasteiger partial charge in [0, 0.05) is 70.6 Å². The summed E-state index contributed by atoms with van der Waals surface area (Å²) in [6, 6.07) is 3.77. The average molecular weight is 1080 g/mol. The zero-order valence-electron chi connectivity index (χ0n) is 46.5. The third kappa shape index (κ3) is 16.8. The third-order valence-corrected chi connectivity index (χ3v) is 15.9. The number of nitro groups is 1. The van der Waals surface area contributed by atoms with Crippen molar-refractivity contribution in [3.05, 3.63) is 82.0 Å². The van der Waals surface area contributed by atoms with Gasteiger partial charge in [0.25, 0.3) is 17.4 Å². The minimum absolute atomic E-state index is 0.0150. The Kier molecular flexibility index (Phi) is 23.5. The number of aliphatic hydroxyl groups is 2. The number of ketones is 3. The van der Waals surface area contributed by atoms with Crippen LogP contribution in [0.5, 0.6) is 5.75 Å². The number of carbonyl (C=O) groups excluding carboxylic acids is 6. The van der Waals surface area contributed by atoms with Crippen LogP contribution in [0, 0.1) is 45.6 Å². The molecule has 3 aliphatic heterocycles. The maximum absolute atomic E-state index is 14.6. The van der Waals surface area contributed by atoms with Gasteiger partial charge in [-0.2, -0.15) is 0 Å². The van der Waals surface area contributed by atoms with Gasteiger partial charge in [0.15, 0.2) is 5.78 Å². The molecular formula is C58H82N2O17. The summed E-state index contributed by atoms with van der Waals surface area (Å²) in [5.41, 5.74) is 1.03. The van der Waals surface area contributed by atoms with Gasteiger partial charge >= 0.3 is 12.1 Å². The van der Waals surface area contributed by atoms with E-state index < -0.39 is 107 Å². The number of cyclic esters (lactones) is 1. The molecule has 15 atom stereocenters. The highest BCUT2D eigenvalue weighted by Crippen LogP contribution is 2.38. The summed E-state index contributed by atoms with van der Waals surface area (Å²) in [5.74, 6) is -8.71. The fourth-order valence-corrected chi connectivity index (χ4v) is 11.1. The van der Waals surface area contributed by atoms with Gasteiger partial charge in [0.05, 0.1) is 23.2 Å². The van der Waals surface area contributed by atoms with Crippen molar-refractivity contribution in [2.24, 2.45) is 35.5 Å². The number of nitrogens with zero attached hydrogens (tertiary/aromatic N) is 2. The summed E-state index contributed by atoms with van der Waals surface area (Å²) in [4.78, 5) is 95.9. The number of aliphatic hydroxyl groups excluding tert-OH is 1. The molecule has 1 aliphatic carbocycles. The van der Waals surface area contributed by atoms with Crippen LogP contribution in [0.1, 0.15) is 126 Å². The first-order valence-electron chi connectivity index (χ1n) is 27.1. The number of hydrogen-bond donors (Lipinski definition) is 2. The number of Topliss-reactive ketones (excluding diaryl/α,β-unsaturated/α-hetero) is 3. The first kappa shape index (κ1) is 62.4. The SMILES string of the molecule is CO[C@H]1C[C@@H]2CC[C@@H](C)[C@@](O)(O2)C(=O)C(=O)N2CCCC[C@H]2C(=O)O[C@H]([C@H](C)C[C@@H]2CC[C@@H](OC(=O)Oc3ccc([N+](=O)[O-])cc3)[C@H](OC)C2)CC(=O)[C@H](C)/C=C(\C)[C@@H](O)[C@@H](OC)C(=O)[C@H](C)CC(C)/C=C/C=C/C=C/1C. The minimum atomic E-state index is -2.48. The van der Waals surface area contributed by atoms with Crippen LogP contribution in [0.3, 0.4) is 0 Å². The zero-order valence-corrected chi connectivity index (χ0v) is 46.5. The van der Waals surface area contributed by atoms with E-state index in [1.54, 1.807) is 40.9 Å². The smallest absolute Gasteiger partial charge is 0.460 e. The zero-order chi connectivity index (χ0) is 56.7. The van der Waals surface area contributed by atoms with Gasteiger partial charge in [-0.05, 0) is 119 Å². The molecule has 5 rings (SSSR count). The molecular weight excluding hydrogens is 997 g/mol. The second-order valence-electron chi connectivity index (χ2n) is 21.8. The van der Waals surface area contributed by atoms with Gasteiger partial charge in [-0.15, -0.1) is 0 Å². The van der Waals surface area contributed by atoms with Crippen molar-refractivity contribution in [1.29, 1.82) is 0 Å². The Labute approximate surface area is 452 Å². The van der Waals surface area contributed by atoms with Crippen LogP contribution < -0.4 is 4.74 Å². The van der Waals surface area contributed by atoms with Gasteiger partial charge in [-0.25, -0.2) is 9.59 Å². The predicted octanol–water partition coefficient (Wildman–Crippen LogP) is 8.31. The summed E-state index contributed by atoms with van der Waals surface area (Å²) < 4.78 is 40.6. The molecule has 2 saturated heterocycles. The van der Waals surface area contributed by atoms with Gasteiger partial charge in [-0.3, -0.25) is 29.3 Å². The quantitative estimate of drug-likeness (QED) is 0.0589. The van der Waals surface area contributed by atoms with E-state index in [9.17, 15) is 49.1 Å². The Hall–Kier alpha value is -5.44. The van der Waals surface area contributed by atoms with E-state index in [1.807, 2.05) is 51.2 Å². The van der Waals surface area contributed by atoms with E-state index >= 15 is 0 Å². The van der Waals surface area contributed by atoms with Crippen molar-refractivity contribution in [1.82, 2.24) is 4.90 Å². The molecule has 1 unspecified atom stereocenters. The molecule has 19 heteroatoms. The number of fused-ring (bicyclic) bond motifs is 3. The molecule has 3 heterocycles. The van der Waals surface area contributed by atoms with Crippen LogP contribution in [-0.4, -0.2) is 138 Å². The summed E-state index contributed by atoms with van der Waals surface area (Å²) in [6.07, 6.45) is 8.42. The number of benzene rings is 1. The molecule has 1 amide bonds. The van der Waals surface area contributed by atoms with Crippen molar-refractivity contribution in [3.63, 3.8) is 0 Å². The van der Waals surface area contributed by atoms with E-state index in [1.165, 1.54) is 38.5 Å². The Morgan fingerprint density at radius 3 is 2.25 bits per heavy atom. The van der Waals surface area contributed by atoms with Gasteiger partial charge in [0.1, 0.15) is 42.0 Å². The lowest BCUT2D eigenvalue weighted by Crippen LogP contribution is -2.61. The van der Waals surface area contributed by atoms with Crippen LogP contribution in [0.15, 0.2) is 71.9 Å². The fourth-order valence-electron chi connectivity index (χ4n) is 11.1. The van der Waals surface area contributed by atoms with Crippen LogP contribution in [0.2, 0.25) is 0 Å². The van der Waals surface area contributed by atoms with E-state index in [-0.39, 0.29) is 60.6 Å². The summed E-state index contributed by atoms with van der Waals surface area (Å²) in [6.45, 7) is 12.5. The monoisotopic (exact) mass is 1080 g/mol. The Bertz CT molecular complexity index is 2350. The summed E-state index contributed by atoms with van der Waals surface area (Å²) in [7, 11) is 4.41. The average Bonchev–Trinajstić information content (AvgIpc) is 3.41. The molecule has 1 aromatic rings. The highest BCUT2D eigenvalue weighted by Gasteiger charge is 2.53. The topological polar surface area (TPSA) is 254 Å². The standard InChI is InChI=1S/C58H82N2O17/c1-34-16-12-11-13-17-35(2)48(71-8)32-44-23-19-40(7)58(68,77-44)54(64)55(65)59-27-15-14-18-45(59)56(66)75-49(33-46(61)36(3)29-39(6)52(63)53(73-10)51(62)38(5)28-34)37(4)30-41-20-26-47(50(31-41)72-9)76-57(67)74-43-24-21-42(22-25-43)60(69)70/h11-13,16-17,21-22,24-25,29,34,36-38,40-41,44-45,47-50,52-53,63,68H,14-15,18-20,23,26-28,30-33H2,1-10H3/b13-11+,16-12+,35-17+,39-29+/t34?,36-,37-,38-,40-,41+,44+,45+,47-,48+,49+,50-,52-,53+,58-/m1/s1. The van der Waals surface area contributed by atoms with Crippen molar-refractivity contribution in [2.75, 3.05) is 27.9 Å². The Morgan fingerprint density at radius 1 is 0.870 bits per heavy atom. The molecule has 0 aromatic heterocycles. The number of carbonyl (C=O) groups is 6.